The van der Waals surface area contributed by atoms with E-state index in [4.69, 9.17) is 16.3 Å². The molecule has 2 aromatic rings. The molecule has 150 valence electrons. The minimum Gasteiger partial charge on any atom is -0.481 e. The van der Waals surface area contributed by atoms with Gasteiger partial charge in [-0.25, -0.2) is 0 Å². The van der Waals surface area contributed by atoms with Crippen LogP contribution in [0.1, 0.15) is 37.8 Å². The standard InChI is InChI=1S/C22H28ClN3O2/c1-16(28-20-12-6-10-18(23)14-20)22(27)26(2)13-7-11-19-15-21(25-24-19)17-8-4-3-5-9-17/h3-6,8-10,12,14,16,19,21,24-25H,7,11,13,15H2,1-2H3. The molecular formula is C22H28ClN3O2. The lowest BCUT2D eigenvalue weighted by atomic mass is 10.00. The molecule has 3 unspecified atom stereocenters. The Balaban J connectivity index is 1.39. The third kappa shape index (κ3) is 5.71. The molecule has 3 rings (SSSR count). The monoisotopic (exact) mass is 401 g/mol. The zero-order valence-corrected chi connectivity index (χ0v) is 17.2. The van der Waals surface area contributed by atoms with Crippen molar-refractivity contribution in [1.82, 2.24) is 15.8 Å². The molecule has 0 aliphatic carbocycles. The first-order valence-electron chi connectivity index (χ1n) is 9.76. The third-order valence-electron chi connectivity index (χ3n) is 5.06. The van der Waals surface area contributed by atoms with Gasteiger partial charge in [-0.15, -0.1) is 0 Å². The van der Waals surface area contributed by atoms with Gasteiger partial charge in [0, 0.05) is 30.7 Å². The van der Waals surface area contributed by atoms with Crippen molar-refractivity contribution in [2.75, 3.05) is 13.6 Å². The van der Waals surface area contributed by atoms with Crippen LogP contribution in [-0.2, 0) is 4.79 Å². The summed E-state index contributed by atoms with van der Waals surface area (Å²) in [5.41, 5.74) is 8.05. The van der Waals surface area contributed by atoms with E-state index in [9.17, 15) is 4.79 Å². The van der Waals surface area contributed by atoms with Gasteiger partial charge in [-0.2, -0.15) is 0 Å². The van der Waals surface area contributed by atoms with Gasteiger partial charge >= 0.3 is 0 Å². The maximum absolute atomic E-state index is 12.5. The number of nitrogens with zero attached hydrogens (tertiary/aromatic N) is 1. The summed E-state index contributed by atoms with van der Waals surface area (Å²) in [7, 11) is 1.83. The Hall–Kier alpha value is -2.08. The van der Waals surface area contributed by atoms with Crippen LogP contribution < -0.4 is 15.6 Å². The van der Waals surface area contributed by atoms with E-state index in [1.165, 1.54) is 5.56 Å². The van der Waals surface area contributed by atoms with Gasteiger partial charge < -0.3 is 9.64 Å². The molecule has 1 aliphatic heterocycles. The molecular weight excluding hydrogens is 374 g/mol. The van der Waals surface area contributed by atoms with Gasteiger partial charge in [0.25, 0.3) is 5.91 Å². The maximum Gasteiger partial charge on any atom is 0.263 e. The van der Waals surface area contributed by atoms with Crippen LogP contribution in [0.5, 0.6) is 5.75 Å². The minimum absolute atomic E-state index is 0.0281. The van der Waals surface area contributed by atoms with E-state index in [1.54, 1.807) is 30.0 Å². The topological polar surface area (TPSA) is 53.6 Å². The molecule has 28 heavy (non-hydrogen) atoms. The molecule has 1 saturated heterocycles. The van der Waals surface area contributed by atoms with Gasteiger partial charge in [-0.1, -0.05) is 48.0 Å². The van der Waals surface area contributed by atoms with Gasteiger partial charge in [0.1, 0.15) is 5.75 Å². The van der Waals surface area contributed by atoms with Crippen LogP contribution in [0.2, 0.25) is 5.02 Å². The second kappa shape index (κ2) is 9.92. The maximum atomic E-state index is 12.5. The number of carbonyl (C=O) groups is 1. The van der Waals surface area contributed by atoms with E-state index in [2.05, 4.69) is 35.1 Å². The summed E-state index contributed by atoms with van der Waals surface area (Å²) >= 11 is 5.96. The van der Waals surface area contributed by atoms with Crippen LogP contribution in [0.25, 0.3) is 0 Å². The Kier molecular flexibility index (Phi) is 7.31. The fraction of sp³-hybridized carbons (Fsp3) is 0.409. The summed E-state index contributed by atoms with van der Waals surface area (Å²) < 4.78 is 5.72. The largest absolute Gasteiger partial charge is 0.481 e. The predicted molar refractivity (Wildman–Crippen MR) is 112 cm³/mol. The summed E-state index contributed by atoms with van der Waals surface area (Å²) in [6, 6.07) is 18.3. The van der Waals surface area contributed by atoms with Crippen molar-refractivity contribution >= 4 is 17.5 Å². The quantitative estimate of drug-likeness (QED) is 0.703. The summed E-state index contributed by atoms with van der Waals surface area (Å²) in [5.74, 6) is 0.578. The molecule has 1 aliphatic rings. The van der Waals surface area contributed by atoms with Crippen molar-refractivity contribution in [2.24, 2.45) is 0 Å². The average Bonchev–Trinajstić information content (AvgIpc) is 3.17. The van der Waals surface area contributed by atoms with Gasteiger partial charge in [0.2, 0.25) is 0 Å². The van der Waals surface area contributed by atoms with Crippen LogP contribution in [0.3, 0.4) is 0 Å². The Labute approximate surface area is 172 Å². The number of rotatable bonds is 8. The van der Waals surface area contributed by atoms with Crippen LogP contribution in [0, 0.1) is 0 Å². The molecule has 0 spiro atoms. The molecule has 5 nitrogen and oxygen atoms in total. The van der Waals surface area contributed by atoms with Crippen LogP contribution in [-0.4, -0.2) is 36.5 Å². The zero-order chi connectivity index (χ0) is 19.9. The lowest BCUT2D eigenvalue weighted by Gasteiger charge is -2.22. The number of amides is 1. The Morgan fingerprint density at radius 2 is 2.00 bits per heavy atom. The van der Waals surface area contributed by atoms with Gasteiger partial charge in [-0.3, -0.25) is 15.6 Å². The van der Waals surface area contributed by atoms with Crippen LogP contribution >= 0.6 is 11.6 Å². The first-order chi connectivity index (χ1) is 13.5. The molecule has 3 atom stereocenters. The fourth-order valence-corrected chi connectivity index (χ4v) is 3.69. The number of hydrogen-bond acceptors (Lipinski definition) is 4. The van der Waals surface area contributed by atoms with E-state index in [0.717, 1.165) is 19.3 Å². The molecule has 0 bridgehead atoms. The van der Waals surface area contributed by atoms with Crippen molar-refractivity contribution in [3.63, 3.8) is 0 Å². The number of carbonyl (C=O) groups excluding carboxylic acids is 1. The summed E-state index contributed by atoms with van der Waals surface area (Å²) in [6.45, 7) is 2.48. The van der Waals surface area contributed by atoms with Crippen LogP contribution in [0.4, 0.5) is 0 Å². The number of halogens is 1. The molecule has 2 aromatic carbocycles. The molecule has 1 amide bonds. The number of hydrazine groups is 1. The van der Waals surface area contributed by atoms with Crippen molar-refractivity contribution in [3.8, 4) is 5.75 Å². The summed E-state index contributed by atoms with van der Waals surface area (Å²) in [6.07, 6.45) is 2.46. The fourth-order valence-electron chi connectivity index (χ4n) is 3.51. The van der Waals surface area contributed by atoms with Crippen molar-refractivity contribution < 1.29 is 9.53 Å². The third-order valence-corrected chi connectivity index (χ3v) is 5.30. The van der Waals surface area contributed by atoms with Gasteiger partial charge in [0.05, 0.1) is 0 Å². The molecule has 2 N–H and O–H groups in total. The predicted octanol–water partition coefficient (Wildman–Crippen LogP) is 3.95. The number of nitrogens with one attached hydrogen (secondary N) is 2. The highest BCUT2D eigenvalue weighted by atomic mass is 35.5. The van der Waals surface area contributed by atoms with Gasteiger partial charge in [-0.05, 0) is 49.9 Å². The smallest absolute Gasteiger partial charge is 0.263 e. The van der Waals surface area contributed by atoms with Crippen molar-refractivity contribution in [2.45, 2.75) is 44.4 Å². The Bertz CT molecular complexity index is 771. The van der Waals surface area contributed by atoms with Crippen molar-refractivity contribution in [1.29, 1.82) is 0 Å². The van der Waals surface area contributed by atoms with E-state index in [1.807, 2.05) is 19.2 Å². The summed E-state index contributed by atoms with van der Waals surface area (Å²) in [5, 5.41) is 0.594. The second-order valence-corrected chi connectivity index (χ2v) is 7.74. The molecule has 1 heterocycles. The molecule has 1 fully saturated rings. The highest BCUT2D eigenvalue weighted by Gasteiger charge is 2.25. The zero-order valence-electron chi connectivity index (χ0n) is 16.4. The normalized spacial score (nSPS) is 20.0. The van der Waals surface area contributed by atoms with Gasteiger partial charge in [0.15, 0.2) is 6.10 Å². The number of ether oxygens (including phenoxy) is 1. The molecule has 0 saturated carbocycles. The molecule has 0 aromatic heterocycles. The highest BCUT2D eigenvalue weighted by Crippen LogP contribution is 2.24. The molecule has 0 radical (unpaired) electrons. The average molecular weight is 402 g/mol. The lowest BCUT2D eigenvalue weighted by Crippen LogP contribution is -2.39. The SMILES string of the molecule is CC(Oc1cccc(Cl)c1)C(=O)N(C)CCCC1CC(c2ccccc2)NN1. The van der Waals surface area contributed by atoms with Crippen molar-refractivity contribution in [3.05, 3.63) is 65.2 Å². The van der Waals surface area contributed by atoms with E-state index < -0.39 is 6.10 Å². The first-order valence-corrected chi connectivity index (χ1v) is 10.1. The Morgan fingerprint density at radius 1 is 1.21 bits per heavy atom. The lowest BCUT2D eigenvalue weighted by molar-refractivity contribution is -0.136. The van der Waals surface area contributed by atoms with E-state index in [0.29, 0.717) is 29.4 Å². The molecule has 6 heteroatoms. The van der Waals surface area contributed by atoms with Crippen LogP contribution in [0.15, 0.2) is 54.6 Å². The number of likely N-dealkylation sites (N-methyl/N-ethyl adjacent to an activating group) is 1. The Morgan fingerprint density at radius 3 is 2.75 bits per heavy atom. The minimum atomic E-state index is -0.544. The first kappa shape index (κ1) is 20.6. The second-order valence-electron chi connectivity index (χ2n) is 7.30. The highest BCUT2D eigenvalue weighted by molar-refractivity contribution is 6.30. The number of benzene rings is 2. The van der Waals surface area contributed by atoms with E-state index >= 15 is 0 Å². The number of hydrogen-bond donors (Lipinski definition) is 2. The van der Waals surface area contributed by atoms with E-state index in [-0.39, 0.29) is 5.91 Å². The summed E-state index contributed by atoms with van der Waals surface area (Å²) in [4.78, 5) is 14.3.